The fraction of sp³-hybridized carbons (Fsp3) is 0.111. The lowest BCUT2D eigenvalue weighted by Crippen LogP contribution is -2.05. The van der Waals surface area contributed by atoms with Gasteiger partial charge in [-0.05, 0) is 11.6 Å². The van der Waals surface area contributed by atoms with Gasteiger partial charge in [-0.3, -0.25) is 19.7 Å². The molecule has 6 heteroatoms. The number of benzene rings is 1. The van der Waals surface area contributed by atoms with Crippen LogP contribution < -0.4 is 0 Å². The van der Waals surface area contributed by atoms with Crippen LogP contribution in [0.15, 0.2) is 12.1 Å². The molecule has 15 heavy (non-hydrogen) atoms. The molecule has 0 aliphatic heterocycles. The Morgan fingerprint density at radius 1 is 1.33 bits per heavy atom. The largest absolute Gasteiger partial charge is 0.290 e. The molecule has 5 nitrogen and oxygen atoms in total. The summed E-state index contributed by atoms with van der Waals surface area (Å²) in [5.74, 6) is -1.23. The van der Waals surface area contributed by atoms with Crippen LogP contribution in [0.1, 0.15) is 15.9 Å². The van der Waals surface area contributed by atoms with Crippen molar-refractivity contribution in [2.24, 2.45) is 0 Å². The number of fused-ring (bicyclic) bond motifs is 1. The number of ketones is 2. The first-order chi connectivity index (χ1) is 7.00. The van der Waals surface area contributed by atoms with Gasteiger partial charge in [-0.15, -0.1) is 0 Å². The molecule has 76 valence electrons. The van der Waals surface area contributed by atoms with Gasteiger partial charge >= 0.3 is 0 Å². The van der Waals surface area contributed by atoms with E-state index in [1.54, 1.807) is 0 Å². The average molecular weight is 226 g/mol. The van der Waals surface area contributed by atoms with Crippen molar-refractivity contribution in [3.05, 3.63) is 38.4 Å². The third-order valence-corrected chi connectivity index (χ3v) is 2.52. The number of nitrogens with zero attached hydrogens (tertiary/aromatic N) is 1. The Hall–Kier alpha value is -1.75. The fourth-order valence-corrected chi connectivity index (χ4v) is 1.76. The molecule has 0 saturated carbocycles. The summed E-state index contributed by atoms with van der Waals surface area (Å²) < 4.78 is 0. The van der Waals surface area contributed by atoms with Gasteiger partial charge in [0.2, 0.25) is 11.6 Å². The minimum atomic E-state index is -0.682. The molecule has 0 unspecified atom stereocenters. The molecule has 0 bridgehead atoms. The zero-order valence-electron chi connectivity index (χ0n) is 7.32. The SMILES string of the molecule is O=C1Cc2cc(Cl)c([N+](=O)[O-])cc2C1=O. The lowest BCUT2D eigenvalue weighted by atomic mass is 10.1. The first-order valence-corrected chi connectivity index (χ1v) is 4.43. The van der Waals surface area contributed by atoms with Gasteiger partial charge in [-0.25, -0.2) is 0 Å². The minimum absolute atomic E-state index is 0.0219. The molecule has 1 aliphatic rings. The molecule has 1 aromatic carbocycles. The molecule has 0 saturated heterocycles. The molecule has 2 rings (SSSR count). The van der Waals surface area contributed by atoms with Crippen LogP contribution in [-0.2, 0) is 11.2 Å². The summed E-state index contributed by atoms with van der Waals surface area (Å²) in [5.41, 5.74) is 0.204. The molecule has 0 aromatic heterocycles. The number of hydrogen-bond donors (Lipinski definition) is 0. The second kappa shape index (κ2) is 3.13. The smallest absolute Gasteiger partial charge is 0.288 e. The van der Waals surface area contributed by atoms with Gasteiger partial charge in [0, 0.05) is 18.1 Å². The second-order valence-electron chi connectivity index (χ2n) is 3.15. The van der Waals surface area contributed by atoms with Crippen molar-refractivity contribution >= 4 is 28.9 Å². The monoisotopic (exact) mass is 225 g/mol. The Labute approximate surface area is 88.8 Å². The Balaban J connectivity index is 2.65. The first kappa shape index (κ1) is 9.79. The molecule has 0 amide bonds. The zero-order chi connectivity index (χ0) is 11.2. The molecule has 1 aliphatic carbocycles. The Morgan fingerprint density at radius 3 is 2.60 bits per heavy atom. The maximum absolute atomic E-state index is 11.3. The van der Waals surface area contributed by atoms with Crippen molar-refractivity contribution in [2.45, 2.75) is 6.42 Å². The highest BCUT2D eigenvalue weighted by Gasteiger charge is 2.31. The fourth-order valence-electron chi connectivity index (χ4n) is 1.50. The molecule has 0 radical (unpaired) electrons. The summed E-state index contributed by atoms with van der Waals surface area (Å²) in [5, 5.41) is 10.5. The van der Waals surface area contributed by atoms with Gasteiger partial charge in [-0.1, -0.05) is 11.6 Å². The molecular weight excluding hydrogens is 222 g/mol. The zero-order valence-corrected chi connectivity index (χ0v) is 8.08. The maximum atomic E-state index is 11.3. The van der Waals surface area contributed by atoms with Crippen molar-refractivity contribution in [1.82, 2.24) is 0 Å². The highest BCUT2D eigenvalue weighted by Crippen LogP contribution is 2.31. The lowest BCUT2D eigenvalue weighted by molar-refractivity contribution is -0.384. The van der Waals surface area contributed by atoms with Gasteiger partial charge in [-0.2, -0.15) is 0 Å². The van der Waals surface area contributed by atoms with Crippen LogP contribution >= 0.6 is 11.6 Å². The van der Waals surface area contributed by atoms with Crippen molar-refractivity contribution in [1.29, 1.82) is 0 Å². The summed E-state index contributed by atoms with van der Waals surface area (Å²) in [6, 6.07) is 2.36. The number of carbonyl (C=O) groups excluding carboxylic acids is 2. The van der Waals surface area contributed by atoms with Crippen LogP contribution in [0.5, 0.6) is 0 Å². The van der Waals surface area contributed by atoms with E-state index in [0.29, 0.717) is 5.56 Å². The Bertz CT molecular complexity index is 509. The summed E-state index contributed by atoms with van der Waals surface area (Å²) in [6.45, 7) is 0. The predicted octanol–water partition coefficient (Wildman–Crippen LogP) is 1.56. The highest BCUT2D eigenvalue weighted by molar-refractivity contribution is 6.47. The van der Waals surface area contributed by atoms with Gasteiger partial charge in [0.05, 0.1) is 4.92 Å². The van der Waals surface area contributed by atoms with Crippen LogP contribution in [0.3, 0.4) is 0 Å². The second-order valence-corrected chi connectivity index (χ2v) is 3.55. The molecule has 0 spiro atoms. The molecule has 0 atom stereocenters. The van der Waals surface area contributed by atoms with Crippen LogP contribution in [0.25, 0.3) is 0 Å². The summed E-state index contributed by atoms with van der Waals surface area (Å²) >= 11 is 5.63. The van der Waals surface area contributed by atoms with Crippen molar-refractivity contribution < 1.29 is 14.5 Å². The molecule has 0 N–H and O–H groups in total. The lowest BCUT2D eigenvalue weighted by Gasteiger charge is -1.98. The summed E-state index contributed by atoms with van der Waals surface area (Å²) in [4.78, 5) is 32.2. The number of hydrogen-bond acceptors (Lipinski definition) is 4. The standard InChI is InChI=1S/C9H4ClNO4/c10-6-1-4-2-8(12)9(13)5(4)3-7(6)11(14)15/h1,3H,2H2. The molecule has 0 fully saturated rings. The maximum Gasteiger partial charge on any atom is 0.288 e. The van der Waals surface area contributed by atoms with E-state index in [4.69, 9.17) is 11.6 Å². The van der Waals surface area contributed by atoms with E-state index in [0.717, 1.165) is 6.07 Å². The number of rotatable bonds is 1. The van der Waals surface area contributed by atoms with Gasteiger partial charge in [0.15, 0.2) is 0 Å². The molecule has 0 heterocycles. The predicted molar refractivity (Wildman–Crippen MR) is 51.1 cm³/mol. The number of Topliss-reactive ketones (excluding diaryl/α,β-unsaturated/α-hetero) is 2. The Kier molecular flexibility index (Phi) is 2.04. The van der Waals surface area contributed by atoms with Crippen LogP contribution in [-0.4, -0.2) is 16.5 Å². The van der Waals surface area contributed by atoms with Gasteiger partial charge in [0.1, 0.15) is 5.02 Å². The van der Waals surface area contributed by atoms with Gasteiger partial charge in [0.25, 0.3) is 5.69 Å². The minimum Gasteiger partial charge on any atom is -0.290 e. The number of halogens is 1. The Morgan fingerprint density at radius 2 is 2.00 bits per heavy atom. The summed E-state index contributed by atoms with van der Waals surface area (Å²) in [7, 11) is 0. The van der Waals surface area contributed by atoms with E-state index in [1.165, 1.54) is 6.07 Å². The number of nitro groups is 1. The first-order valence-electron chi connectivity index (χ1n) is 4.05. The van der Waals surface area contributed by atoms with E-state index in [-0.39, 0.29) is 22.7 Å². The third kappa shape index (κ3) is 1.41. The molecular formula is C9H4ClNO4. The van der Waals surface area contributed by atoms with E-state index in [1.807, 2.05) is 0 Å². The summed E-state index contributed by atoms with van der Waals surface area (Å²) in [6.07, 6.45) is -0.0219. The topological polar surface area (TPSA) is 77.3 Å². The van der Waals surface area contributed by atoms with Crippen LogP contribution in [0, 0.1) is 10.1 Å². The van der Waals surface area contributed by atoms with Gasteiger partial charge < -0.3 is 0 Å². The van der Waals surface area contributed by atoms with E-state index in [9.17, 15) is 19.7 Å². The van der Waals surface area contributed by atoms with E-state index < -0.39 is 16.5 Å². The van der Waals surface area contributed by atoms with E-state index >= 15 is 0 Å². The quantitative estimate of drug-likeness (QED) is 0.413. The van der Waals surface area contributed by atoms with Crippen molar-refractivity contribution in [2.75, 3.05) is 0 Å². The van der Waals surface area contributed by atoms with Crippen LogP contribution in [0.4, 0.5) is 5.69 Å². The van der Waals surface area contributed by atoms with Crippen molar-refractivity contribution in [3.8, 4) is 0 Å². The number of carbonyl (C=O) groups is 2. The van der Waals surface area contributed by atoms with Crippen LogP contribution in [0.2, 0.25) is 5.02 Å². The highest BCUT2D eigenvalue weighted by atomic mass is 35.5. The normalized spacial score (nSPS) is 14.2. The molecule has 1 aromatic rings. The van der Waals surface area contributed by atoms with E-state index in [2.05, 4.69) is 0 Å². The average Bonchev–Trinajstić information content (AvgIpc) is 2.41. The number of nitro benzene ring substituents is 1. The van der Waals surface area contributed by atoms with Crippen molar-refractivity contribution in [3.63, 3.8) is 0 Å². The third-order valence-electron chi connectivity index (χ3n) is 2.22.